The predicted molar refractivity (Wildman–Crippen MR) is 101 cm³/mol. The van der Waals surface area contributed by atoms with Gasteiger partial charge in [-0.25, -0.2) is 4.79 Å². The molecule has 1 aliphatic rings. The van der Waals surface area contributed by atoms with Gasteiger partial charge in [-0.05, 0) is 35.2 Å². The van der Waals surface area contributed by atoms with Gasteiger partial charge < -0.3 is 24.8 Å². The fraction of sp³-hybridized carbons (Fsp3) is 0.350. The van der Waals surface area contributed by atoms with E-state index in [1.165, 1.54) is 18.2 Å². The first-order valence-electron chi connectivity index (χ1n) is 8.69. The molecule has 2 aromatic rings. The number of rotatable bonds is 6. The summed E-state index contributed by atoms with van der Waals surface area (Å²) >= 11 is 1.58. The Balaban J connectivity index is 1.54. The molecule has 1 aromatic carbocycles. The summed E-state index contributed by atoms with van der Waals surface area (Å²) < 4.78 is 11.1. The maximum atomic E-state index is 12.1. The van der Waals surface area contributed by atoms with Crippen LogP contribution in [0.1, 0.15) is 23.3 Å². The number of esters is 1. The number of carbonyl (C=O) groups excluding carboxylic acids is 1. The number of aliphatic hydroxyl groups is 2. The van der Waals surface area contributed by atoms with Gasteiger partial charge in [0.05, 0.1) is 18.8 Å². The third kappa shape index (κ3) is 5.64. The van der Waals surface area contributed by atoms with Gasteiger partial charge in [-0.3, -0.25) is 0 Å². The van der Waals surface area contributed by atoms with Crippen molar-refractivity contribution in [2.45, 2.75) is 43.9 Å². The minimum atomic E-state index is -1.14. The summed E-state index contributed by atoms with van der Waals surface area (Å²) in [5, 5.41) is 31.4. The highest BCUT2D eigenvalue weighted by Gasteiger charge is 2.38. The monoisotopic (exact) mass is 390 g/mol. The van der Waals surface area contributed by atoms with E-state index in [0.29, 0.717) is 19.4 Å². The van der Waals surface area contributed by atoms with Crippen LogP contribution in [0.15, 0.2) is 47.9 Å². The van der Waals surface area contributed by atoms with E-state index >= 15 is 0 Å². The van der Waals surface area contributed by atoms with E-state index in [9.17, 15) is 20.1 Å². The second-order valence-corrected chi connectivity index (χ2v) is 7.47. The van der Waals surface area contributed by atoms with Gasteiger partial charge in [0.15, 0.2) is 0 Å². The SMILES string of the molecule is O=C(/C=C/c1ccc(O)cc1)O[C@@H]1C[C@@H](OCc2cccs2)C[C@H](O)[C@H]1O. The van der Waals surface area contributed by atoms with Gasteiger partial charge in [-0.15, -0.1) is 11.3 Å². The molecule has 6 nitrogen and oxygen atoms in total. The quantitative estimate of drug-likeness (QED) is 0.518. The van der Waals surface area contributed by atoms with Crippen molar-refractivity contribution >= 4 is 23.4 Å². The Hall–Kier alpha value is -2.19. The molecule has 0 bridgehead atoms. The number of carbonyl (C=O) groups is 1. The minimum Gasteiger partial charge on any atom is -0.508 e. The van der Waals surface area contributed by atoms with E-state index in [0.717, 1.165) is 10.4 Å². The van der Waals surface area contributed by atoms with Crippen LogP contribution in [-0.2, 0) is 20.9 Å². The van der Waals surface area contributed by atoms with Gasteiger partial charge in [0, 0.05) is 23.8 Å². The molecular weight excluding hydrogens is 368 g/mol. The van der Waals surface area contributed by atoms with E-state index in [4.69, 9.17) is 9.47 Å². The third-order valence-electron chi connectivity index (χ3n) is 4.39. The van der Waals surface area contributed by atoms with Crippen molar-refractivity contribution in [2.75, 3.05) is 0 Å². The van der Waals surface area contributed by atoms with Gasteiger partial charge in [-0.1, -0.05) is 18.2 Å². The standard InChI is InChI=1S/C20H22O6S/c21-14-6-3-13(4-7-14)5-8-19(23)26-18-11-15(10-17(22)20(18)24)25-12-16-2-1-9-27-16/h1-9,15,17-18,20-22,24H,10-12H2/b8-5+/t15-,17-,18+,20+/m0/s1. The predicted octanol–water partition coefficient (Wildman–Crippen LogP) is 2.48. The largest absolute Gasteiger partial charge is 0.508 e. The maximum Gasteiger partial charge on any atom is 0.331 e. The molecule has 0 saturated heterocycles. The average Bonchev–Trinajstić information content (AvgIpc) is 3.17. The van der Waals surface area contributed by atoms with Crippen molar-refractivity contribution < 1.29 is 29.6 Å². The molecule has 0 spiro atoms. The lowest BCUT2D eigenvalue weighted by Crippen LogP contribution is -2.48. The molecule has 0 radical (unpaired) electrons. The first-order valence-corrected chi connectivity index (χ1v) is 9.57. The van der Waals surface area contributed by atoms with Crippen LogP contribution in [-0.4, -0.2) is 45.7 Å². The Bertz CT molecular complexity index is 755. The van der Waals surface area contributed by atoms with E-state index in [-0.39, 0.29) is 11.9 Å². The number of hydrogen-bond acceptors (Lipinski definition) is 7. The summed E-state index contributed by atoms with van der Waals surface area (Å²) in [6, 6.07) is 10.3. The summed E-state index contributed by atoms with van der Waals surface area (Å²) in [7, 11) is 0. The number of aliphatic hydroxyl groups excluding tert-OH is 2. The lowest BCUT2D eigenvalue weighted by molar-refractivity contribution is -0.171. The molecule has 1 aromatic heterocycles. The van der Waals surface area contributed by atoms with E-state index < -0.39 is 24.3 Å². The normalized spacial score (nSPS) is 25.6. The van der Waals surface area contributed by atoms with Crippen molar-refractivity contribution in [3.05, 3.63) is 58.3 Å². The van der Waals surface area contributed by atoms with Crippen molar-refractivity contribution in [1.29, 1.82) is 0 Å². The molecule has 4 atom stereocenters. The van der Waals surface area contributed by atoms with Crippen LogP contribution in [0.4, 0.5) is 0 Å². The third-order valence-corrected chi connectivity index (χ3v) is 5.24. The number of benzene rings is 1. The lowest BCUT2D eigenvalue weighted by Gasteiger charge is -2.35. The van der Waals surface area contributed by atoms with Crippen LogP contribution in [0.3, 0.4) is 0 Å². The van der Waals surface area contributed by atoms with Gasteiger partial charge in [-0.2, -0.15) is 0 Å². The molecule has 7 heteroatoms. The molecule has 1 heterocycles. The van der Waals surface area contributed by atoms with E-state index in [1.807, 2.05) is 17.5 Å². The van der Waals surface area contributed by atoms with Crippen LogP contribution >= 0.6 is 11.3 Å². The fourth-order valence-corrected chi connectivity index (χ4v) is 3.56. The summed E-state index contributed by atoms with van der Waals surface area (Å²) in [6.45, 7) is 0.423. The van der Waals surface area contributed by atoms with Crippen LogP contribution < -0.4 is 0 Å². The molecule has 144 valence electrons. The van der Waals surface area contributed by atoms with Crippen molar-refractivity contribution in [1.82, 2.24) is 0 Å². The molecule has 3 rings (SSSR count). The molecule has 27 heavy (non-hydrogen) atoms. The highest BCUT2D eigenvalue weighted by molar-refractivity contribution is 7.09. The number of phenols is 1. The van der Waals surface area contributed by atoms with Crippen LogP contribution in [0.25, 0.3) is 6.08 Å². The molecule has 1 aliphatic carbocycles. The topological polar surface area (TPSA) is 96.2 Å². The lowest BCUT2D eigenvalue weighted by atomic mass is 9.89. The van der Waals surface area contributed by atoms with Gasteiger partial charge in [0.25, 0.3) is 0 Å². The highest BCUT2D eigenvalue weighted by atomic mass is 32.1. The number of phenolic OH excluding ortho intramolecular Hbond substituents is 1. The first kappa shape index (κ1) is 19.6. The summed E-state index contributed by atoms with van der Waals surface area (Å²) in [6.07, 6.45) is 0.138. The number of thiophene rings is 1. The van der Waals surface area contributed by atoms with E-state index in [2.05, 4.69) is 0 Å². The molecule has 0 unspecified atom stereocenters. The zero-order valence-electron chi connectivity index (χ0n) is 14.6. The van der Waals surface area contributed by atoms with Crippen molar-refractivity contribution in [3.8, 4) is 5.75 Å². The summed E-state index contributed by atoms with van der Waals surface area (Å²) in [5.74, 6) is -0.471. The Kier molecular flexibility index (Phi) is 6.63. The van der Waals surface area contributed by atoms with Crippen LogP contribution in [0.2, 0.25) is 0 Å². The zero-order valence-corrected chi connectivity index (χ0v) is 15.4. The number of ether oxygens (including phenoxy) is 2. The highest BCUT2D eigenvalue weighted by Crippen LogP contribution is 2.26. The molecule has 1 fully saturated rings. The van der Waals surface area contributed by atoms with Gasteiger partial charge >= 0.3 is 5.97 Å². The Labute approximate surface area is 161 Å². The van der Waals surface area contributed by atoms with Gasteiger partial charge in [0.1, 0.15) is 18.0 Å². The molecule has 0 aliphatic heterocycles. The molecule has 3 N–H and O–H groups in total. The van der Waals surface area contributed by atoms with Crippen molar-refractivity contribution in [3.63, 3.8) is 0 Å². The van der Waals surface area contributed by atoms with Crippen molar-refractivity contribution in [2.24, 2.45) is 0 Å². The fourth-order valence-electron chi connectivity index (χ4n) is 2.94. The molecular formula is C20H22O6S. The summed E-state index contributed by atoms with van der Waals surface area (Å²) in [4.78, 5) is 13.1. The van der Waals surface area contributed by atoms with Gasteiger partial charge in [0.2, 0.25) is 0 Å². The Morgan fingerprint density at radius 1 is 1.19 bits per heavy atom. The smallest absolute Gasteiger partial charge is 0.331 e. The Morgan fingerprint density at radius 3 is 2.67 bits per heavy atom. The van der Waals surface area contributed by atoms with E-state index in [1.54, 1.807) is 29.5 Å². The zero-order chi connectivity index (χ0) is 19.2. The molecule has 1 saturated carbocycles. The summed E-state index contributed by atoms with van der Waals surface area (Å²) in [5.41, 5.74) is 0.728. The maximum absolute atomic E-state index is 12.1. The molecule has 0 amide bonds. The van der Waals surface area contributed by atoms with Crippen LogP contribution in [0.5, 0.6) is 5.75 Å². The number of aromatic hydroxyl groups is 1. The minimum absolute atomic E-state index is 0.141. The second-order valence-electron chi connectivity index (χ2n) is 6.44. The van der Waals surface area contributed by atoms with Crippen LogP contribution in [0, 0.1) is 0 Å². The first-order chi connectivity index (χ1) is 13.0. The second kappa shape index (κ2) is 9.14. The number of hydrogen-bond donors (Lipinski definition) is 3. The average molecular weight is 390 g/mol. The Morgan fingerprint density at radius 2 is 1.96 bits per heavy atom.